The van der Waals surface area contributed by atoms with E-state index >= 15 is 0 Å². The third kappa shape index (κ3) is 5.50. The van der Waals surface area contributed by atoms with E-state index in [1.807, 2.05) is 74.2 Å². The fraction of sp³-hybridized carbons (Fsp3) is 0.357. The van der Waals surface area contributed by atoms with Gasteiger partial charge in [0.05, 0.1) is 6.04 Å². The predicted molar refractivity (Wildman–Crippen MR) is 137 cm³/mol. The lowest BCUT2D eigenvalue weighted by Gasteiger charge is -2.37. The van der Waals surface area contributed by atoms with Crippen molar-refractivity contribution in [1.29, 1.82) is 0 Å². The quantitative estimate of drug-likeness (QED) is 0.436. The Balaban J connectivity index is 1.51. The molecule has 2 amide bonds. The van der Waals surface area contributed by atoms with Crippen LogP contribution in [0.1, 0.15) is 51.3 Å². The standard InChI is InChI=1S/C28H32N2O3S/c1-4-15-29(28(32)22-9-5-20(2)6-10-22)18-27(31)30-16-13-26-24(14-17-34-26)25(30)19-33-23-11-7-21(3)8-12-23/h5-12,14,17,25H,4,13,15-16,18-19H2,1-3H3/t25-/m1/s1. The fourth-order valence-electron chi connectivity index (χ4n) is 4.34. The molecule has 0 saturated heterocycles. The number of ether oxygens (including phenoxy) is 1. The van der Waals surface area contributed by atoms with Crippen LogP contribution in [0.2, 0.25) is 0 Å². The van der Waals surface area contributed by atoms with Crippen LogP contribution in [0, 0.1) is 13.8 Å². The summed E-state index contributed by atoms with van der Waals surface area (Å²) in [5.41, 5.74) is 4.05. The average molecular weight is 477 g/mol. The van der Waals surface area contributed by atoms with Gasteiger partial charge in [0.15, 0.2) is 0 Å². The molecule has 0 N–H and O–H groups in total. The minimum Gasteiger partial charge on any atom is -0.491 e. The summed E-state index contributed by atoms with van der Waals surface area (Å²) in [6, 6.07) is 17.4. The number of carbonyl (C=O) groups excluding carboxylic acids is 2. The number of rotatable bonds is 8. The monoisotopic (exact) mass is 476 g/mol. The Morgan fingerprint density at radius 3 is 2.38 bits per heavy atom. The van der Waals surface area contributed by atoms with Crippen LogP contribution in [0.3, 0.4) is 0 Å². The number of fused-ring (bicyclic) bond motifs is 1. The van der Waals surface area contributed by atoms with E-state index in [4.69, 9.17) is 4.74 Å². The first-order valence-electron chi connectivity index (χ1n) is 11.9. The molecule has 0 bridgehead atoms. The van der Waals surface area contributed by atoms with Gasteiger partial charge in [-0.3, -0.25) is 9.59 Å². The molecular weight excluding hydrogens is 444 g/mol. The molecule has 34 heavy (non-hydrogen) atoms. The molecule has 5 nitrogen and oxygen atoms in total. The second kappa shape index (κ2) is 10.9. The van der Waals surface area contributed by atoms with Crippen molar-refractivity contribution in [3.8, 4) is 5.75 Å². The van der Waals surface area contributed by atoms with Gasteiger partial charge < -0.3 is 14.5 Å². The minimum atomic E-state index is -0.165. The molecule has 1 aliphatic rings. The van der Waals surface area contributed by atoms with Gasteiger partial charge in [-0.15, -0.1) is 11.3 Å². The van der Waals surface area contributed by atoms with E-state index in [9.17, 15) is 9.59 Å². The molecule has 1 aliphatic heterocycles. The van der Waals surface area contributed by atoms with Gasteiger partial charge in [0.25, 0.3) is 5.91 Å². The normalized spacial score (nSPS) is 15.0. The summed E-state index contributed by atoms with van der Waals surface area (Å²) in [5, 5.41) is 2.09. The Labute approximate surface area is 206 Å². The SMILES string of the molecule is CCCN(CC(=O)N1CCc2sccc2[C@H]1COc1ccc(C)cc1)C(=O)c1ccc(C)cc1. The maximum Gasteiger partial charge on any atom is 0.254 e. The Morgan fingerprint density at radius 1 is 1.03 bits per heavy atom. The van der Waals surface area contributed by atoms with Crippen LogP contribution in [0.15, 0.2) is 60.0 Å². The Bertz CT molecular complexity index is 1120. The molecule has 0 radical (unpaired) electrons. The molecule has 0 aliphatic carbocycles. The maximum absolute atomic E-state index is 13.6. The summed E-state index contributed by atoms with van der Waals surface area (Å²) in [6.07, 6.45) is 1.62. The summed E-state index contributed by atoms with van der Waals surface area (Å²) in [5.74, 6) is 0.654. The highest BCUT2D eigenvalue weighted by atomic mass is 32.1. The van der Waals surface area contributed by atoms with Crippen molar-refractivity contribution in [2.24, 2.45) is 0 Å². The van der Waals surface area contributed by atoms with E-state index in [0.717, 1.165) is 29.7 Å². The number of hydrogen-bond acceptors (Lipinski definition) is 4. The zero-order valence-electron chi connectivity index (χ0n) is 20.1. The molecule has 2 aromatic carbocycles. The van der Waals surface area contributed by atoms with Crippen molar-refractivity contribution in [2.75, 3.05) is 26.2 Å². The van der Waals surface area contributed by atoms with Gasteiger partial charge in [0.2, 0.25) is 5.91 Å². The van der Waals surface area contributed by atoms with Crippen molar-refractivity contribution in [3.63, 3.8) is 0 Å². The molecule has 178 valence electrons. The smallest absolute Gasteiger partial charge is 0.254 e. The first kappa shape index (κ1) is 24.0. The molecule has 6 heteroatoms. The Hall–Kier alpha value is -3.12. The van der Waals surface area contributed by atoms with Crippen LogP contribution in [0.25, 0.3) is 0 Å². The van der Waals surface area contributed by atoms with E-state index in [1.165, 1.54) is 10.4 Å². The van der Waals surface area contributed by atoms with Crippen molar-refractivity contribution < 1.29 is 14.3 Å². The summed E-state index contributed by atoms with van der Waals surface area (Å²) < 4.78 is 6.12. The van der Waals surface area contributed by atoms with Crippen LogP contribution in [-0.2, 0) is 11.2 Å². The fourth-order valence-corrected chi connectivity index (χ4v) is 5.27. The minimum absolute atomic E-state index is 0.0386. The third-order valence-corrected chi connectivity index (χ3v) is 7.25. The number of thiophene rings is 1. The summed E-state index contributed by atoms with van der Waals surface area (Å²) in [6.45, 7) is 7.70. The molecule has 0 spiro atoms. The summed E-state index contributed by atoms with van der Waals surface area (Å²) in [7, 11) is 0. The van der Waals surface area contributed by atoms with Gasteiger partial charge in [-0.25, -0.2) is 0 Å². The molecule has 0 saturated carbocycles. The van der Waals surface area contributed by atoms with Crippen molar-refractivity contribution in [2.45, 2.75) is 39.7 Å². The lowest BCUT2D eigenvalue weighted by molar-refractivity contribution is -0.135. The topological polar surface area (TPSA) is 49.9 Å². The van der Waals surface area contributed by atoms with Crippen LogP contribution in [-0.4, -0.2) is 47.9 Å². The zero-order valence-corrected chi connectivity index (χ0v) is 20.9. The van der Waals surface area contributed by atoms with Crippen LogP contribution in [0.4, 0.5) is 0 Å². The molecule has 1 aromatic heterocycles. The second-order valence-electron chi connectivity index (χ2n) is 8.87. The van der Waals surface area contributed by atoms with E-state index in [-0.39, 0.29) is 24.4 Å². The van der Waals surface area contributed by atoms with Crippen LogP contribution < -0.4 is 4.74 Å². The van der Waals surface area contributed by atoms with E-state index in [1.54, 1.807) is 16.2 Å². The molecule has 0 unspecified atom stereocenters. The third-order valence-electron chi connectivity index (χ3n) is 6.25. The highest BCUT2D eigenvalue weighted by molar-refractivity contribution is 7.10. The lowest BCUT2D eigenvalue weighted by atomic mass is 10.00. The van der Waals surface area contributed by atoms with Gasteiger partial charge >= 0.3 is 0 Å². The first-order valence-corrected chi connectivity index (χ1v) is 12.8. The maximum atomic E-state index is 13.6. The number of hydrogen-bond donors (Lipinski definition) is 0. The highest BCUT2D eigenvalue weighted by Gasteiger charge is 2.33. The Morgan fingerprint density at radius 2 is 1.71 bits per heavy atom. The molecular formula is C28H32N2O3S. The van der Waals surface area contributed by atoms with Gasteiger partial charge in [0, 0.05) is 23.5 Å². The van der Waals surface area contributed by atoms with Gasteiger partial charge in [-0.2, -0.15) is 0 Å². The largest absolute Gasteiger partial charge is 0.491 e. The van der Waals surface area contributed by atoms with E-state index < -0.39 is 0 Å². The number of carbonyl (C=O) groups is 2. The number of nitrogens with zero attached hydrogens (tertiary/aromatic N) is 2. The molecule has 4 rings (SSSR count). The van der Waals surface area contributed by atoms with Crippen LogP contribution in [0.5, 0.6) is 5.75 Å². The van der Waals surface area contributed by atoms with Crippen molar-refractivity contribution in [3.05, 3.63) is 87.1 Å². The van der Waals surface area contributed by atoms with Gasteiger partial charge in [-0.05, 0) is 68.0 Å². The summed E-state index contributed by atoms with van der Waals surface area (Å²) in [4.78, 5) is 31.6. The molecule has 2 heterocycles. The number of amides is 2. The average Bonchev–Trinajstić information content (AvgIpc) is 3.32. The second-order valence-corrected chi connectivity index (χ2v) is 9.87. The molecule has 0 fully saturated rings. The Kier molecular flexibility index (Phi) is 7.68. The predicted octanol–water partition coefficient (Wildman–Crippen LogP) is 5.42. The zero-order chi connectivity index (χ0) is 24.1. The van der Waals surface area contributed by atoms with Gasteiger partial charge in [0.1, 0.15) is 18.9 Å². The van der Waals surface area contributed by atoms with E-state index in [0.29, 0.717) is 25.3 Å². The first-order chi connectivity index (χ1) is 16.5. The molecule has 1 atom stereocenters. The van der Waals surface area contributed by atoms with Crippen molar-refractivity contribution in [1.82, 2.24) is 9.80 Å². The van der Waals surface area contributed by atoms with Crippen molar-refractivity contribution >= 4 is 23.2 Å². The lowest BCUT2D eigenvalue weighted by Crippen LogP contribution is -2.48. The number of benzene rings is 2. The summed E-state index contributed by atoms with van der Waals surface area (Å²) >= 11 is 1.73. The van der Waals surface area contributed by atoms with Crippen LogP contribution >= 0.6 is 11.3 Å². The van der Waals surface area contributed by atoms with Gasteiger partial charge in [-0.1, -0.05) is 42.3 Å². The highest BCUT2D eigenvalue weighted by Crippen LogP contribution is 2.34. The van der Waals surface area contributed by atoms with E-state index in [2.05, 4.69) is 11.4 Å². The number of aryl methyl sites for hydroxylation is 2. The molecule has 3 aromatic rings.